The smallest absolute Gasteiger partial charge is 0.0666 e. The Morgan fingerprint density at radius 2 is 2.12 bits per heavy atom. The molecule has 0 bridgehead atoms. The van der Waals surface area contributed by atoms with E-state index in [4.69, 9.17) is 16.3 Å². The summed E-state index contributed by atoms with van der Waals surface area (Å²) in [5, 5.41) is 4.13. The number of benzene rings is 1. The van der Waals surface area contributed by atoms with Gasteiger partial charge in [-0.15, -0.1) is 0 Å². The third kappa shape index (κ3) is 3.96. The van der Waals surface area contributed by atoms with Gasteiger partial charge in [-0.25, -0.2) is 0 Å². The van der Waals surface area contributed by atoms with Crippen LogP contribution in [0.25, 0.3) is 0 Å². The van der Waals surface area contributed by atoms with Gasteiger partial charge in [-0.05, 0) is 40.0 Å². The van der Waals surface area contributed by atoms with Crippen molar-refractivity contribution >= 4 is 33.2 Å². The second-order valence-corrected chi connectivity index (χ2v) is 5.34. The lowest BCUT2D eigenvalue weighted by atomic mass is 10.1. The van der Waals surface area contributed by atoms with Crippen molar-refractivity contribution in [2.45, 2.75) is 19.9 Å². The summed E-state index contributed by atoms with van der Waals surface area (Å²) in [6, 6.07) is 6.15. The lowest BCUT2D eigenvalue weighted by molar-refractivity contribution is 0.171. The Morgan fingerprint density at radius 1 is 1.44 bits per heavy atom. The van der Waals surface area contributed by atoms with E-state index in [1.54, 1.807) is 7.11 Å². The first-order chi connectivity index (χ1) is 7.54. The molecule has 1 aromatic carbocycles. The molecule has 0 saturated carbocycles. The molecule has 1 unspecified atom stereocenters. The molecule has 4 heteroatoms. The Kier molecular flexibility index (Phi) is 5.59. The number of hydrogen-bond donors (Lipinski definition) is 1. The largest absolute Gasteiger partial charge is 0.383 e. The van der Waals surface area contributed by atoms with Crippen molar-refractivity contribution in [3.05, 3.63) is 27.7 Å². The summed E-state index contributed by atoms with van der Waals surface area (Å²) in [5.74, 6) is 0.502. The van der Waals surface area contributed by atoms with Crippen LogP contribution in [-0.4, -0.2) is 19.8 Å². The lowest BCUT2D eigenvalue weighted by Gasteiger charge is -2.22. The highest BCUT2D eigenvalue weighted by Gasteiger charge is 2.13. The van der Waals surface area contributed by atoms with E-state index in [1.807, 2.05) is 18.2 Å². The standard InChI is InChI=1S/C12H17BrClNO/c1-8(2)12(7-16-3)15-9-4-5-10(13)11(14)6-9/h4-6,8,12,15H,7H2,1-3H3. The third-order valence-corrected chi connectivity index (χ3v) is 3.66. The molecule has 1 aromatic rings. The van der Waals surface area contributed by atoms with Gasteiger partial charge in [0.1, 0.15) is 0 Å². The molecule has 0 aliphatic rings. The highest BCUT2D eigenvalue weighted by molar-refractivity contribution is 9.10. The van der Waals surface area contributed by atoms with Crippen LogP contribution >= 0.6 is 27.5 Å². The Bertz CT molecular complexity index is 344. The molecule has 0 heterocycles. The molecular weight excluding hydrogens is 289 g/mol. The summed E-state index contributed by atoms with van der Waals surface area (Å²) >= 11 is 9.41. The second-order valence-electron chi connectivity index (χ2n) is 4.08. The summed E-state index contributed by atoms with van der Waals surface area (Å²) in [6.45, 7) is 5.01. The Balaban J connectivity index is 2.73. The minimum absolute atomic E-state index is 0.294. The first kappa shape index (κ1) is 13.8. The maximum atomic E-state index is 6.04. The third-order valence-electron chi connectivity index (χ3n) is 2.42. The van der Waals surface area contributed by atoms with Crippen LogP contribution in [0, 0.1) is 5.92 Å². The molecule has 0 aromatic heterocycles. The Hall–Kier alpha value is -0.250. The molecular formula is C12H17BrClNO. The zero-order chi connectivity index (χ0) is 12.1. The molecule has 2 nitrogen and oxygen atoms in total. The molecule has 0 spiro atoms. The number of hydrogen-bond acceptors (Lipinski definition) is 2. The molecule has 0 aliphatic carbocycles. The van der Waals surface area contributed by atoms with Gasteiger partial charge in [0.05, 0.1) is 17.7 Å². The van der Waals surface area contributed by atoms with E-state index in [0.29, 0.717) is 23.6 Å². The highest BCUT2D eigenvalue weighted by atomic mass is 79.9. The summed E-state index contributed by atoms with van der Waals surface area (Å²) < 4.78 is 6.10. The predicted molar refractivity (Wildman–Crippen MR) is 73.3 cm³/mol. The van der Waals surface area contributed by atoms with Crippen molar-refractivity contribution in [2.75, 3.05) is 19.0 Å². The fraction of sp³-hybridized carbons (Fsp3) is 0.500. The molecule has 90 valence electrons. The number of ether oxygens (including phenoxy) is 1. The fourth-order valence-corrected chi connectivity index (χ4v) is 1.81. The lowest BCUT2D eigenvalue weighted by Crippen LogP contribution is -2.30. The van der Waals surface area contributed by atoms with Gasteiger partial charge in [0.15, 0.2) is 0 Å². The number of halogens is 2. The van der Waals surface area contributed by atoms with E-state index in [0.717, 1.165) is 10.2 Å². The van der Waals surface area contributed by atoms with Crippen LogP contribution in [0.15, 0.2) is 22.7 Å². The molecule has 0 amide bonds. The van der Waals surface area contributed by atoms with Gasteiger partial charge >= 0.3 is 0 Å². The van der Waals surface area contributed by atoms with Crippen molar-refractivity contribution in [3.63, 3.8) is 0 Å². The SMILES string of the molecule is COCC(Nc1ccc(Br)c(Cl)c1)C(C)C. The monoisotopic (exact) mass is 305 g/mol. The van der Waals surface area contributed by atoms with Gasteiger partial charge in [0.2, 0.25) is 0 Å². The topological polar surface area (TPSA) is 21.3 Å². The average Bonchev–Trinajstić information content (AvgIpc) is 2.22. The predicted octanol–water partition coefficient (Wildman–Crippen LogP) is 4.19. The number of methoxy groups -OCH3 is 1. The molecule has 1 N–H and O–H groups in total. The summed E-state index contributed by atoms with van der Waals surface area (Å²) in [6.07, 6.45) is 0. The van der Waals surface area contributed by atoms with Gasteiger partial charge in [-0.1, -0.05) is 25.4 Å². The minimum atomic E-state index is 0.294. The molecule has 0 aliphatic heterocycles. The van der Waals surface area contributed by atoms with Crippen molar-refractivity contribution < 1.29 is 4.74 Å². The van der Waals surface area contributed by atoms with Crippen LogP contribution in [-0.2, 0) is 4.74 Å². The number of nitrogens with one attached hydrogen (secondary N) is 1. The van der Waals surface area contributed by atoms with Gasteiger partial charge in [0, 0.05) is 17.3 Å². The van der Waals surface area contributed by atoms with Gasteiger partial charge in [-0.2, -0.15) is 0 Å². The van der Waals surface area contributed by atoms with E-state index in [2.05, 4.69) is 35.1 Å². The second kappa shape index (κ2) is 6.48. The zero-order valence-electron chi connectivity index (χ0n) is 9.76. The van der Waals surface area contributed by atoms with Crippen LogP contribution in [0.2, 0.25) is 5.02 Å². The van der Waals surface area contributed by atoms with Crippen LogP contribution in [0.5, 0.6) is 0 Å². The van der Waals surface area contributed by atoms with E-state index in [1.165, 1.54) is 0 Å². The molecule has 1 rings (SSSR count). The van der Waals surface area contributed by atoms with E-state index in [-0.39, 0.29) is 0 Å². The van der Waals surface area contributed by atoms with Crippen LogP contribution in [0.1, 0.15) is 13.8 Å². The van der Waals surface area contributed by atoms with Crippen LogP contribution in [0.3, 0.4) is 0 Å². The summed E-state index contributed by atoms with van der Waals surface area (Å²) in [4.78, 5) is 0. The number of anilines is 1. The van der Waals surface area contributed by atoms with Crippen molar-refractivity contribution in [2.24, 2.45) is 5.92 Å². The van der Waals surface area contributed by atoms with Gasteiger partial charge in [0.25, 0.3) is 0 Å². The molecule has 1 atom stereocenters. The molecule has 16 heavy (non-hydrogen) atoms. The zero-order valence-corrected chi connectivity index (χ0v) is 12.1. The van der Waals surface area contributed by atoms with Gasteiger partial charge in [-0.3, -0.25) is 0 Å². The van der Waals surface area contributed by atoms with Crippen molar-refractivity contribution in [1.29, 1.82) is 0 Å². The summed E-state index contributed by atoms with van der Waals surface area (Å²) in [5.41, 5.74) is 1.02. The van der Waals surface area contributed by atoms with Crippen LogP contribution < -0.4 is 5.32 Å². The first-order valence-electron chi connectivity index (χ1n) is 5.25. The highest BCUT2D eigenvalue weighted by Crippen LogP contribution is 2.26. The van der Waals surface area contributed by atoms with Gasteiger partial charge < -0.3 is 10.1 Å². The first-order valence-corrected chi connectivity index (χ1v) is 6.42. The quantitative estimate of drug-likeness (QED) is 0.881. The normalized spacial score (nSPS) is 12.9. The van der Waals surface area contributed by atoms with Crippen molar-refractivity contribution in [3.8, 4) is 0 Å². The van der Waals surface area contributed by atoms with Crippen LogP contribution in [0.4, 0.5) is 5.69 Å². The average molecular weight is 307 g/mol. The van der Waals surface area contributed by atoms with Crippen molar-refractivity contribution in [1.82, 2.24) is 0 Å². The molecule has 0 saturated heterocycles. The minimum Gasteiger partial charge on any atom is -0.383 e. The maximum absolute atomic E-state index is 6.04. The molecule has 0 fully saturated rings. The summed E-state index contributed by atoms with van der Waals surface area (Å²) in [7, 11) is 1.71. The van der Waals surface area contributed by atoms with E-state index in [9.17, 15) is 0 Å². The van der Waals surface area contributed by atoms with E-state index >= 15 is 0 Å². The van der Waals surface area contributed by atoms with E-state index < -0.39 is 0 Å². The Labute approximate surface area is 110 Å². The molecule has 0 radical (unpaired) electrons. The number of rotatable bonds is 5. The fourth-order valence-electron chi connectivity index (χ4n) is 1.38. The Morgan fingerprint density at radius 3 is 2.62 bits per heavy atom. The maximum Gasteiger partial charge on any atom is 0.0666 e.